The number of rotatable bonds is 3. The molecule has 0 aliphatic carbocycles. The van der Waals surface area contributed by atoms with E-state index in [-0.39, 0.29) is 0 Å². The minimum absolute atomic E-state index is 0.817. The highest BCUT2D eigenvalue weighted by Crippen LogP contribution is 2.43. The summed E-state index contributed by atoms with van der Waals surface area (Å²) in [5.74, 6) is 0.817. The van der Waals surface area contributed by atoms with Crippen LogP contribution in [0, 0.1) is 13.8 Å². The standard InChI is InChI=1S/C23H20N2O/c1-15-8-4-5-9-17(15)21-16(2)12-13-20(26-3)22(21)23-18-10-6-7-11-19(18)24-14-25-23/h4-14H,1-3H3. The summed E-state index contributed by atoms with van der Waals surface area (Å²) in [5, 5.41) is 1.02. The topological polar surface area (TPSA) is 35.0 Å². The molecule has 128 valence electrons. The Kier molecular flexibility index (Phi) is 4.13. The maximum atomic E-state index is 5.75. The molecule has 4 aromatic rings. The van der Waals surface area contributed by atoms with Gasteiger partial charge in [-0.3, -0.25) is 0 Å². The van der Waals surface area contributed by atoms with E-state index < -0.39 is 0 Å². The van der Waals surface area contributed by atoms with Crippen LogP contribution in [0.5, 0.6) is 5.75 Å². The second-order valence-corrected chi connectivity index (χ2v) is 6.39. The number of nitrogens with zero attached hydrogens (tertiary/aromatic N) is 2. The van der Waals surface area contributed by atoms with E-state index >= 15 is 0 Å². The number of para-hydroxylation sites is 1. The summed E-state index contributed by atoms with van der Waals surface area (Å²) in [7, 11) is 1.71. The van der Waals surface area contributed by atoms with Gasteiger partial charge in [-0.05, 0) is 48.2 Å². The molecule has 4 rings (SSSR count). The average Bonchev–Trinajstić information content (AvgIpc) is 2.68. The molecule has 0 atom stereocenters. The molecule has 0 saturated heterocycles. The van der Waals surface area contributed by atoms with E-state index in [0.29, 0.717) is 0 Å². The van der Waals surface area contributed by atoms with Crippen molar-refractivity contribution in [3.63, 3.8) is 0 Å². The lowest BCUT2D eigenvalue weighted by atomic mass is 9.89. The van der Waals surface area contributed by atoms with Crippen molar-refractivity contribution in [1.29, 1.82) is 0 Å². The van der Waals surface area contributed by atoms with E-state index in [1.165, 1.54) is 16.7 Å². The molecule has 0 fully saturated rings. The molecular weight excluding hydrogens is 320 g/mol. The van der Waals surface area contributed by atoms with Crippen molar-refractivity contribution in [3.05, 3.63) is 78.1 Å². The smallest absolute Gasteiger partial charge is 0.128 e. The Labute approximate surface area is 153 Å². The lowest BCUT2D eigenvalue weighted by molar-refractivity contribution is 0.416. The van der Waals surface area contributed by atoms with Crippen molar-refractivity contribution < 1.29 is 4.74 Å². The normalized spacial score (nSPS) is 10.9. The Morgan fingerprint density at radius 3 is 2.31 bits per heavy atom. The van der Waals surface area contributed by atoms with Crippen LogP contribution in [0.15, 0.2) is 67.0 Å². The van der Waals surface area contributed by atoms with Gasteiger partial charge in [-0.2, -0.15) is 0 Å². The van der Waals surface area contributed by atoms with Gasteiger partial charge in [0.2, 0.25) is 0 Å². The Bertz CT molecular complexity index is 1100. The molecule has 0 aliphatic heterocycles. The van der Waals surface area contributed by atoms with Gasteiger partial charge in [-0.1, -0.05) is 48.5 Å². The summed E-state index contributed by atoms with van der Waals surface area (Å²) < 4.78 is 5.75. The van der Waals surface area contributed by atoms with Crippen molar-refractivity contribution >= 4 is 10.9 Å². The predicted octanol–water partition coefficient (Wildman–Crippen LogP) is 5.59. The van der Waals surface area contributed by atoms with E-state index in [4.69, 9.17) is 4.74 Å². The average molecular weight is 340 g/mol. The fraction of sp³-hybridized carbons (Fsp3) is 0.130. The molecule has 1 aromatic heterocycles. The zero-order valence-electron chi connectivity index (χ0n) is 15.2. The molecule has 0 amide bonds. The van der Waals surface area contributed by atoms with Gasteiger partial charge in [0.05, 0.1) is 23.9 Å². The summed E-state index contributed by atoms with van der Waals surface area (Å²) in [5.41, 5.74) is 7.61. The number of hydrogen-bond donors (Lipinski definition) is 0. The second-order valence-electron chi connectivity index (χ2n) is 6.39. The maximum absolute atomic E-state index is 5.75. The third-order valence-electron chi connectivity index (χ3n) is 4.79. The maximum Gasteiger partial charge on any atom is 0.128 e. The molecule has 3 aromatic carbocycles. The van der Waals surface area contributed by atoms with Crippen molar-refractivity contribution in [1.82, 2.24) is 9.97 Å². The van der Waals surface area contributed by atoms with E-state index in [9.17, 15) is 0 Å². The third-order valence-corrected chi connectivity index (χ3v) is 4.79. The first-order valence-electron chi connectivity index (χ1n) is 8.64. The van der Waals surface area contributed by atoms with Gasteiger partial charge < -0.3 is 4.74 Å². The van der Waals surface area contributed by atoms with Gasteiger partial charge in [0.25, 0.3) is 0 Å². The lowest BCUT2D eigenvalue weighted by Gasteiger charge is -2.19. The van der Waals surface area contributed by atoms with Crippen molar-refractivity contribution in [2.75, 3.05) is 7.11 Å². The van der Waals surface area contributed by atoms with Crippen LogP contribution in [0.25, 0.3) is 33.3 Å². The number of ether oxygens (including phenoxy) is 1. The van der Waals surface area contributed by atoms with Gasteiger partial charge in [-0.15, -0.1) is 0 Å². The summed E-state index contributed by atoms with van der Waals surface area (Å²) in [4.78, 5) is 9.06. The Morgan fingerprint density at radius 1 is 0.731 bits per heavy atom. The highest BCUT2D eigenvalue weighted by Gasteiger charge is 2.20. The van der Waals surface area contributed by atoms with Crippen LogP contribution in [0.2, 0.25) is 0 Å². The molecule has 3 heteroatoms. The largest absolute Gasteiger partial charge is 0.496 e. The molecule has 1 heterocycles. The van der Waals surface area contributed by atoms with Crippen molar-refractivity contribution in [3.8, 4) is 28.1 Å². The summed E-state index contributed by atoms with van der Waals surface area (Å²) in [6.45, 7) is 4.27. The Morgan fingerprint density at radius 2 is 1.50 bits per heavy atom. The minimum Gasteiger partial charge on any atom is -0.496 e. The molecule has 0 radical (unpaired) electrons. The van der Waals surface area contributed by atoms with E-state index in [2.05, 4.69) is 60.2 Å². The fourth-order valence-electron chi connectivity index (χ4n) is 3.50. The summed E-state index contributed by atoms with van der Waals surface area (Å²) in [6.07, 6.45) is 1.63. The van der Waals surface area contributed by atoms with Crippen LogP contribution < -0.4 is 4.74 Å². The monoisotopic (exact) mass is 340 g/mol. The number of aryl methyl sites for hydroxylation is 2. The second kappa shape index (κ2) is 6.60. The molecule has 0 N–H and O–H groups in total. The van der Waals surface area contributed by atoms with Crippen molar-refractivity contribution in [2.45, 2.75) is 13.8 Å². The van der Waals surface area contributed by atoms with Crippen LogP contribution in [-0.2, 0) is 0 Å². The number of fused-ring (bicyclic) bond motifs is 1. The highest BCUT2D eigenvalue weighted by atomic mass is 16.5. The number of aromatic nitrogens is 2. The number of methoxy groups -OCH3 is 1. The molecule has 0 bridgehead atoms. The molecule has 0 unspecified atom stereocenters. The zero-order chi connectivity index (χ0) is 18.1. The van der Waals surface area contributed by atoms with Crippen LogP contribution in [0.3, 0.4) is 0 Å². The SMILES string of the molecule is COc1ccc(C)c(-c2ccccc2C)c1-c1ncnc2ccccc12. The molecule has 0 spiro atoms. The van der Waals surface area contributed by atoms with Crippen LogP contribution >= 0.6 is 0 Å². The summed E-state index contributed by atoms with van der Waals surface area (Å²) >= 11 is 0. The predicted molar refractivity (Wildman–Crippen MR) is 106 cm³/mol. The first-order valence-corrected chi connectivity index (χ1v) is 8.64. The quantitative estimate of drug-likeness (QED) is 0.488. The molecule has 26 heavy (non-hydrogen) atoms. The lowest BCUT2D eigenvalue weighted by Crippen LogP contribution is -1.98. The van der Waals surface area contributed by atoms with Crippen LogP contribution in [-0.4, -0.2) is 17.1 Å². The Balaban J connectivity index is 2.14. The van der Waals surface area contributed by atoms with Gasteiger partial charge in [-0.25, -0.2) is 9.97 Å². The van der Waals surface area contributed by atoms with Crippen molar-refractivity contribution in [2.24, 2.45) is 0 Å². The summed E-state index contributed by atoms with van der Waals surface area (Å²) in [6, 6.07) is 20.6. The van der Waals surface area contributed by atoms with E-state index in [1.54, 1.807) is 13.4 Å². The molecule has 0 saturated carbocycles. The van der Waals surface area contributed by atoms with Crippen LogP contribution in [0.1, 0.15) is 11.1 Å². The molecule has 0 aliphatic rings. The van der Waals surface area contributed by atoms with E-state index in [1.807, 2.05) is 24.3 Å². The minimum atomic E-state index is 0.817. The Hall–Kier alpha value is -3.20. The first kappa shape index (κ1) is 16.3. The first-order chi connectivity index (χ1) is 12.7. The van der Waals surface area contributed by atoms with Gasteiger partial charge >= 0.3 is 0 Å². The third kappa shape index (κ3) is 2.62. The number of hydrogen-bond acceptors (Lipinski definition) is 3. The zero-order valence-corrected chi connectivity index (χ0v) is 15.2. The molecular formula is C23H20N2O. The van der Waals surface area contributed by atoms with Gasteiger partial charge in [0.1, 0.15) is 12.1 Å². The highest BCUT2D eigenvalue weighted by molar-refractivity contribution is 6.00. The fourth-order valence-corrected chi connectivity index (χ4v) is 3.50. The molecule has 3 nitrogen and oxygen atoms in total. The van der Waals surface area contributed by atoms with E-state index in [0.717, 1.165) is 33.5 Å². The van der Waals surface area contributed by atoms with Gasteiger partial charge in [0, 0.05) is 5.39 Å². The number of benzene rings is 3. The van der Waals surface area contributed by atoms with Crippen LogP contribution in [0.4, 0.5) is 0 Å². The van der Waals surface area contributed by atoms with Gasteiger partial charge in [0.15, 0.2) is 0 Å².